The van der Waals surface area contributed by atoms with Gasteiger partial charge in [0.05, 0.1) is 11.0 Å². The van der Waals surface area contributed by atoms with Gasteiger partial charge < -0.3 is 9.47 Å². The average Bonchev–Trinajstić information content (AvgIpc) is 3.68. The van der Waals surface area contributed by atoms with Crippen LogP contribution in [0.15, 0.2) is 237 Å². The van der Waals surface area contributed by atoms with Gasteiger partial charge in [0.1, 0.15) is 0 Å². The van der Waals surface area contributed by atoms with E-state index >= 15 is 0 Å². The second-order valence-electron chi connectivity index (χ2n) is 16.6. The number of hydrogen-bond donors (Lipinski definition) is 0. The van der Waals surface area contributed by atoms with Gasteiger partial charge in [0.25, 0.3) is 0 Å². The summed E-state index contributed by atoms with van der Waals surface area (Å²) in [6.45, 7) is 2.14. The minimum atomic E-state index is 1.09. The lowest BCUT2D eigenvalue weighted by Gasteiger charge is -2.26. The molecule has 0 aliphatic heterocycles. The number of rotatable bonds is 7. The molecule has 0 atom stereocenters. The summed E-state index contributed by atoms with van der Waals surface area (Å²) < 4.78 is 2.39. The molecule has 0 bridgehead atoms. The van der Waals surface area contributed by atoms with Crippen molar-refractivity contribution in [3.8, 4) is 39.1 Å². The normalized spacial score (nSPS) is 11.6. The van der Waals surface area contributed by atoms with Crippen molar-refractivity contribution >= 4 is 71.2 Å². The van der Waals surface area contributed by atoms with Crippen molar-refractivity contribution in [1.29, 1.82) is 0 Å². The number of nitrogens with zero attached hydrogens (tertiary/aromatic N) is 2. The van der Waals surface area contributed by atoms with Crippen molar-refractivity contribution in [2.45, 2.75) is 6.92 Å². The fourth-order valence-electron chi connectivity index (χ4n) is 9.92. The van der Waals surface area contributed by atoms with E-state index in [1.165, 1.54) is 93.1 Å². The highest BCUT2D eigenvalue weighted by Gasteiger charge is 2.20. The fourth-order valence-corrected chi connectivity index (χ4v) is 9.92. The summed E-state index contributed by atoms with van der Waals surface area (Å²) in [5, 5.41) is 9.96. The van der Waals surface area contributed by atoms with Crippen LogP contribution in [0.3, 0.4) is 0 Å². The highest BCUT2D eigenvalue weighted by atomic mass is 15.1. The molecule has 0 saturated carbocycles. The van der Waals surface area contributed by atoms with Crippen molar-refractivity contribution in [2.75, 3.05) is 4.90 Å². The molecule has 1 aromatic heterocycles. The van der Waals surface area contributed by atoms with E-state index in [9.17, 15) is 0 Å². The van der Waals surface area contributed by atoms with Crippen LogP contribution < -0.4 is 4.90 Å². The summed E-state index contributed by atoms with van der Waals surface area (Å²) in [5.74, 6) is 0. The molecule has 0 aliphatic carbocycles. The number of fused-ring (bicyclic) bond motifs is 6. The van der Waals surface area contributed by atoms with E-state index in [-0.39, 0.29) is 0 Å². The molecule has 63 heavy (non-hydrogen) atoms. The summed E-state index contributed by atoms with van der Waals surface area (Å²) in [6, 6.07) is 86.6. The molecule has 0 aliphatic rings. The molecule has 0 radical (unpaired) electrons. The van der Waals surface area contributed by atoms with Crippen LogP contribution in [0.4, 0.5) is 17.1 Å². The first-order chi connectivity index (χ1) is 31.2. The molecule has 296 valence electrons. The predicted molar refractivity (Wildman–Crippen MR) is 269 cm³/mol. The maximum absolute atomic E-state index is 2.41. The number of benzene rings is 11. The third kappa shape index (κ3) is 6.18. The molecule has 11 aromatic carbocycles. The van der Waals surface area contributed by atoms with Crippen LogP contribution in [-0.4, -0.2) is 4.57 Å². The van der Waals surface area contributed by atoms with Gasteiger partial charge in [0.2, 0.25) is 0 Å². The maximum Gasteiger partial charge on any atom is 0.0542 e. The largest absolute Gasteiger partial charge is 0.310 e. The van der Waals surface area contributed by atoms with Gasteiger partial charge >= 0.3 is 0 Å². The van der Waals surface area contributed by atoms with Gasteiger partial charge in [0, 0.05) is 33.5 Å². The standard InChI is InChI=1S/C61H42N2/c1-41-26-32-48(33-27-41)63-58-25-12-11-19-52(58)57-40-49(38-39-59(57)63)62(46-34-28-43(29-35-46)51-24-13-17-42-14-5-6-18-50(42)51)47-36-30-45(31-37-47)61-55-22-9-7-20-53(55)60(44-15-3-2-4-16-44)54-21-8-10-23-56(54)61/h2-40H,1H3. The molecule has 0 spiro atoms. The summed E-state index contributed by atoms with van der Waals surface area (Å²) in [7, 11) is 0. The molecular weight excluding hydrogens is 761 g/mol. The zero-order valence-electron chi connectivity index (χ0n) is 34.9. The third-order valence-corrected chi connectivity index (χ3v) is 12.8. The van der Waals surface area contributed by atoms with Crippen molar-refractivity contribution in [3.05, 3.63) is 242 Å². The molecule has 0 saturated heterocycles. The minimum Gasteiger partial charge on any atom is -0.310 e. The SMILES string of the molecule is Cc1ccc(-n2c3ccccc3c3cc(N(c4ccc(-c5cccc6ccccc56)cc4)c4ccc(-c5c6ccccc6c(-c6ccccc6)c6ccccc56)cc4)ccc32)cc1. The predicted octanol–water partition coefficient (Wildman–Crippen LogP) is 17.0. The van der Waals surface area contributed by atoms with E-state index < -0.39 is 0 Å². The van der Waals surface area contributed by atoms with Crippen molar-refractivity contribution in [2.24, 2.45) is 0 Å². The van der Waals surface area contributed by atoms with E-state index in [1.807, 2.05) is 0 Å². The summed E-state index contributed by atoms with van der Waals surface area (Å²) in [4.78, 5) is 2.41. The van der Waals surface area contributed by atoms with Gasteiger partial charge in [0.15, 0.2) is 0 Å². The van der Waals surface area contributed by atoms with Gasteiger partial charge in [-0.25, -0.2) is 0 Å². The smallest absolute Gasteiger partial charge is 0.0542 e. The van der Waals surface area contributed by atoms with Crippen molar-refractivity contribution in [3.63, 3.8) is 0 Å². The molecular formula is C61H42N2. The van der Waals surface area contributed by atoms with E-state index in [0.717, 1.165) is 22.7 Å². The van der Waals surface area contributed by atoms with Gasteiger partial charge in [-0.05, 0) is 133 Å². The monoisotopic (exact) mass is 802 g/mol. The van der Waals surface area contributed by atoms with Crippen molar-refractivity contribution in [1.82, 2.24) is 4.57 Å². The molecule has 0 unspecified atom stereocenters. The number of anilines is 3. The molecule has 0 amide bonds. The Hall–Kier alpha value is -8.20. The molecule has 0 fully saturated rings. The minimum absolute atomic E-state index is 1.09. The van der Waals surface area contributed by atoms with Crippen LogP contribution in [0, 0.1) is 6.92 Å². The molecule has 12 aromatic rings. The topological polar surface area (TPSA) is 8.17 Å². The van der Waals surface area contributed by atoms with Crippen LogP contribution >= 0.6 is 0 Å². The summed E-state index contributed by atoms with van der Waals surface area (Å²) >= 11 is 0. The first-order valence-electron chi connectivity index (χ1n) is 21.8. The quantitative estimate of drug-likeness (QED) is 0.146. The van der Waals surface area contributed by atoms with Crippen LogP contribution in [-0.2, 0) is 0 Å². The third-order valence-electron chi connectivity index (χ3n) is 12.8. The van der Waals surface area contributed by atoms with E-state index in [1.54, 1.807) is 0 Å². The lowest BCUT2D eigenvalue weighted by molar-refractivity contribution is 1.17. The molecule has 0 N–H and O–H groups in total. The van der Waals surface area contributed by atoms with E-state index in [2.05, 4.69) is 253 Å². The van der Waals surface area contributed by atoms with Crippen LogP contribution in [0.2, 0.25) is 0 Å². The Morgan fingerprint density at radius 1 is 0.317 bits per heavy atom. The van der Waals surface area contributed by atoms with Gasteiger partial charge in [-0.2, -0.15) is 0 Å². The van der Waals surface area contributed by atoms with Crippen LogP contribution in [0.5, 0.6) is 0 Å². The molecule has 1 heterocycles. The summed E-state index contributed by atoms with van der Waals surface area (Å²) in [6.07, 6.45) is 0. The first-order valence-corrected chi connectivity index (χ1v) is 21.8. The Bertz CT molecular complexity index is 3590. The lowest BCUT2D eigenvalue weighted by Crippen LogP contribution is -2.10. The zero-order valence-corrected chi connectivity index (χ0v) is 34.9. The first kappa shape index (κ1) is 36.6. The maximum atomic E-state index is 2.41. The van der Waals surface area contributed by atoms with Crippen LogP contribution in [0.1, 0.15) is 5.56 Å². The second kappa shape index (κ2) is 15.1. The Morgan fingerprint density at radius 3 is 1.43 bits per heavy atom. The Kier molecular flexibility index (Phi) is 8.76. The summed E-state index contributed by atoms with van der Waals surface area (Å²) in [5.41, 5.74) is 15.5. The zero-order chi connectivity index (χ0) is 41.9. The molecule has 2 nitrogen and oxygen atoms in total. The number of hydrogen-bond acceptors (Lipinski definition) is 1. The van der Waals surface area contributed by atoms with Gasteiger partial charge in [-0.3, -0.25) is 0 Å². The van der Waals surface area contributed by atoms with Crippen molar-refractivity contribution < 1.29 is 0 Å². The molecule has 12 rings (SSSR count). The van der Waals surface area contributed by atoms with E-state index in [4.69, 9.17) is 0 Å². The second-order valence-corrected chi connectivity index (χ2v) is 16.6. The highest BCUT2D eigenvalue weighted by molar-refractivity contribution is 6.21. The van der Waals surface area contributed by atoms with Gasteiger partial charge in [-0.1, -0.05) is 181 Å². The fraction of sp³-hybridized carbons (Fsp3) is 0.0164. The number of aryl methyl sites for hydroxylation is 1. The Balaban J connectivity index is 1.03. The molecule has 2 heteroatoms. The number of aromatic nitrogens is 1. The average molecular weight is 803 g/mol. The lowest BCUT2D eigenvalue weighted by atomic mass is 9.86. The Morgan fingerprint density at radius 2 is 0.794 bits per heavy atom. The van der Waals surface area contributed by atoms with Crippen LogP contribution in [0.25, 0.3) is 93.2 Å². The Labute approximate surface area is 367 Å². The number of para-hydroxylation sites is 1. The van der Waals surface area contributed by atoms with E-state index in [0.29, 0.717) is 0 Å². The highest BCUT2D eigenvalue weighted by Crippen LogP contribution is 2.45. The van der Waals surface area contributed by atoms with Gasteiger partial charge in [-0.15, -0.1) is 0 Å².